The molecule has 0 aliphatic carbocycles. The summed E-state index contributed by atoms with van der Waals surface area (Å²) < 4.78 is 0. The van der Waals surface area contributed by atoms with Crippen LogP contribution in [0.2, 0.25) is 0 Å². The smallest absolute Gasteiger partial charge is 0.238 e. The zero-order valence-electron chi connectivity index (χ0n) is 16.4. The van der Waals surface area contributed by atoms with E-state index in [1.54, 1.807) is 0 Å². The lowest BCUT2D eigenvalue weighted by Gasteiger charge is -2.32. The van der Waals surface area contributed by atoms with Gasteiger partial charge in [0.2, 0.25) is 11.8 Å². The Bertz CT molecular complexity index is 756. The summed E-state index contributed by atoms with van der Waals surface area (Å²) in [6.45, 7) is 4.12. The minimum Gasteiger partial charge on any atom is -0.353 e. The molecule has 2 aromatic rings. The van der Waals surface area contributed by atoms with Crippen molar-refractivity contribution in [2.24, 2.45) is 0 Å². The van der Waals surface area contributed by atoms with Crippen LogP contribution in [0.1, 0.15) is 37.7 Å². The molecule has 0 radical (unpaired) electrons. The summed E-state index contributed by atoms with van der Waals surface area (Å²) in [6, 6.07) is 19.8. The molecule has 2 N–H and O–H groups in total. The summed E-state index contributed by atoms with van der Waals surface area (Å²) in [5, 5.41) is 6.09. The molecule has 1 aliphatic rings. The second-order valence-corrected chi connectivity index (χ2v) is 7.55. The van der Waals surface area contributed by atoms with E-state index in [4.69, 9.17) is 0 Å². The molecule has 5 heteroatoms. The third-order valence-electron chi connectivity index (χ3n) is 5.24. The normalized spacial score (nSPS) is 16.3. The van der Waals surface area contributed by atoms with E-state index in [9.17, 15) is 9.59 Å². The zero-order chi connectivity index (χ0) is 19.8. The fourth-order valence-electron chi connectivity index (χ4n) is 3.62. The summed E-state index contributed by atoms with van der Waals surface area (Å²) >= 11 is 0. The van der Waals surface area contributed by atoms with Crippen LogP contribution in [0.5, 0.6) is 0 Å². The first-order valence-corrected chi connectivity index (χ1v) is 10.0. The van der Waals surface area contributed by atoms with Crippen molar-refractivity contribution in [1.82, 2.24) is 10.2 Å². The van der Waals surface area contributed by atoms with Crippen molar-refractivity contribution in [3.63, 3.8) is 0 Å². The SMILES string of the molecule is CC(CC(=O)NC1CCN(CC(=O)Nc2ccccc2)CC1)c1ccccc1. The van der Waals surface area contributed by atoms with Gasteiger partial charge >= 0.3 is 0 Å². The van der Waals surface area contributed by atoms with Crippen LogP contribution in [-0.4, -0.2) is 42.4 Å². The van der Waals surface area contributed by atoms with Crippen LogP contribution in [0.15, 0.2) is 60.7 Å². The number of rotatable bonds is 7. The van der Waals surface area contributed by atoms with Crippen molar-refractivity contribution in [2.45, 2.75) is 38.1 Å². The third-order valence-corrected chi connectivity index (χ3v) is 5.24. The van der Waals surface area contributed by atoms with Gasteiger partial charge in [0.05, 0.1) is 6.54 Å². The number of carbonyl (C=O) groups is 2. The van der Waals surface area contributed by atoms with Gasteiger partial charge in [-0.3, -0.25) is 14.5 Å². The van der Waals surface area contributed by atoms with Gasteiger partial charge in [-0.2, -0.15) is 0 Å². The Hall–Kier alpha value is -2.66. The van der Waals surface area contributed by atoms with Crippen molar-refractivity contribution in [3.8, 4) is 0 Å². The van der Waals surface area contributed by atoms with Gasteiger partial charge in [-0.25, -0.2) is 0 Å². The minimum absolute atomic E-state index is 0.00497. The van der Waals surface area contributed by atoms with Crippen LogP contribution in [-0.2, 0) is 9.59 Å². The highest BCUT2D eigenvalue weighted by Gasteiger charge is 2.22. The van der Waals surface area contributed by atoms with Crippen molar-refractivity contribution in [1.29, 1.82) is 0 Å². The molecule has 1 aliphatic heterocycles. The molecule has 0 saturated carbocycles. The van der Waals surface area contributed by atoms with Crippen molar-refractivity contribution >= 4 is 17.5 Å². The van der Waals surface area contributed by atoms with E-state index < -0.39 is 0 Å². The van der Waals surface area contributed by atoms with Gasteiger partial charge in [0, 0.05) is 31.2 Å². The summed E-state index contributed by atoms with van der Waals surface area (Å²) in [5.74, 6) is 0.324. The van der Waals surface area contributed by atoms with Crippen molar-refractivity contribution in [3.05, 3.63) is 66.2 Å². The highest BCUT2D eigenvalue weighted by Crippen LogP contribution is 2.19. The first-order chi connectivity index (χ1) is 13.6. The molecule has 1 saturated heterocycles. The van der Waals surface area contributed by atoms with E-state index >= 15 is 0 Å². The molecule has 1 atom stereocenters. The predicted molar refractivity (Wildman–Crippen MR) is 112 cm³/mol. The molecule has 3 rings (SSSR count). The van der Waals surface area contributed by atoms with E-state index in [-0.39, 0.29) is 23.8 Å². The third kappa shape index (κ3) is 6.20. The van der Waals surface area contributed by atoms with Crippen LogP contribution in [0.3, 0.4) is 0 Å². The Kier molecular flexibility index (Phi) is 7.20. The molecule has 0 spiro atoms. The van der Waals surface area contributed by atoms with Gasteiger partial charge in [0.15, 0.2) is 0 Å². The second-order valence-electron chi connectivity index (χ2n) is 7.55. The van der Waals surface area contributed by atoms with Crippen LogP contribution in [0.4, 0.5) is 5.69 Å². The Morgan fingerprint density at radius 1 is 0.964 bits per heavy atom. The number of nitrogens with one attached hydrogen (secondary N) is 2. The Morgan fingerprint density at radius 3 is 2.21 bits per heavy atom. The molecule has 1 unspecified atom stereocenters. The number of likely N-dealkylation sites (tertiary alicyclic amines) is 1. The monoisotopic (exact) mass is 379 g/mol. The number of benzene rings is 2. The second kappa shape index (κ2) is 10.0. The Labute approximate surface area is 167 Å². The molecular formula is C23H29N3O2. The van der Waals surface area contributed by atoms with E-state index in [1.165, 1.54) is 5.56 Å². The van der Waals surface area contributed by atoms with Crippen molar-refractivity contribution < 1.29 is 9.59 Å². The molecule has 0 bridgehead atoms. The van der Waals surface area contributed by atoms with Gasteiger partial charge in [0.25, 0.3) is 0 Å². The lowest BCUT2D eigenvalue weighted by molar-refractivity contribution is -0.123. The molecule has 148 valence electrons. The van der Waals surface area contributed by atoms with Gasteiger partial charge in [-0.15, -0.1) is 0 Å². The summed E-state index contributed by atoms with van der Waals surface area (Å²) in [5.41, 5.74) is 2.01. The number of anilines is 1. The number of hydrogen-bond donors (Lipinski definition) is 2. The van der Waals surface area contributed by atoms with E-state index in [0.717, 1.165) is 31.6 Å². The predicted octanol–water partition coefficient (Wildman–Crippen LogP) is 3.40. The molecule has 2 amide bonds. The first kappa shape index (κ1) is 20.1. The standard InChI is InChI=1S/C23H29N3O2/c1-18(19-8-4-2-5-9-19)16-22(27)24-21-12-14-26(15-13-21)17-23(28)25-20-10-6-3-7-11-20/h2-11,18,21H,12-17H2,1H3,(H,24,27)(H,25,28). The largest absolute Gasteiger partial charge is 0.353 e. The molecule has 1 fully saturated rings. The topological polar surface area (TPSA) is 61.4 Å². The molecule has 5 nitrogen and oxygen atoms in total. The number of carbonyl (C=O) groups excluding carboxylic acids is 2. The average molecular weight is 380 g/mol. The minimum atomic E-state index is 0.00497. The van der Waals surface area contributed by atoms with Gasteiger partial charge in [-0.1, -0.05) is 55.5 Å². The fraction of sp³-hybridized carbons (Fsp3) is 0.391. The molecule has 2 aromatic carbocycles. The average Bonchev–Trinajstić information content (AvgIpc) is 2.71. The lowest BCUT2D eigenvalue weighted by atomic mass is 9.97. The number of hydrogen-bond acceptors (Lipinski definition) is 3. The number of para-hydroxylation sites is 1. The zero-order valence-corrected chi connectivity index (χ0v) is 16.4. The Morgan fingerprint density at radius 2 is 1.57 bits per heavy atom. The maximum atomic E-state index is 12.4. The summed E-state index contributed by atoms with van der Waals surface area (Å²) in [7, 11) is 0. The number of piperidine rings is 1. The maximum absolute atomic E-state index is 12.4. The molecule has 28 heavy (non-hydrogen) atoms. The molecule has 0 aromatic heterocycles. The highest BCUT2D eigenvalue weighted by molar-refractivity contribution is 5.92. The Balaban J connectivity index is 1.36. The maximum Gasteiger partial charge on any atom is 0.238 e. The van der Waals surface area contributed by atoms with Crippen LogP contribution >= 0.6 is 0 Å². The highest BCUT2D eigenvalue weighted by atomic mass is 16.2. The van der Waals surface area contributed by atoms with E-state index in [2.05, 4.69) is 34.6 Å². The van der Waals surface area contributed by atoms with E-state index in [1.807, 2.05) is 48.5 Å². The molecular weight excluding hydrogens is 350 g/mol. The van der Waals surface area contributed by atoms with Crippen LogP contribution in [0.25, 0.3) is 0 Å². The van der Waals surface area contributed by atoms with Crippen LogP contribution < -0.4 is 10.6 Å². The number of amides is 2. The van der Waals surface area contributed by atoms with E-state index in [0.29, 0.717) is 13.0 Å². The lowest BCUT2D eigenvalue weighted by Crippen LogP contribution is -2.46. The first-order valence-electron chi connectivity index (χ1n) is 10.0. The van der Waals surface area contributed by atoms with Gasteiger partial charge < -0.3 is 10.6 Å². The molecule has 1 heterocycles. The summed E-state index contributed by atoms with van der Waals surface area (Å²) in [6.07, 6.45) is 2.26. The fourth-order valence-corrected chi connectivity index (χ4v) is 3.62. The van der Waals surface area contributed by atoms with Crippen molar-refractivity contribution in [2.75, 3.05) is 25.0 Å². The van der Waals surface area contributed by atoms with Gasteiger partial charge in [0.1, 0.15) is 0 Å². The number of nitrogens with zero attached hydrogens (tertiary/aromatic N) is 1. The summed E-state index contributed by atoms with van der Waals surface area (Å²) in [4.78, 5) is 26.7. The van der Waals surface area contributed by atoms with Gasteiger partial charge in [-0.05, 0) is 36.5 Å². The van der Waals surface area contributed by atoms with Crippen LogP contribution in [0, 0.1) is 0 Å². The quantitative estimate of drug-likeness (QED) is 0.775.